The second kappa shape index (κ2) is 5.34. The van der Waals surface area contributed by atoms with Crippen LogP contribution >= 0.6 is 0 Å². The summed E-state index contributed by atoms with van der Waals surface area (Å²) in [5.41, 5.74) is 2.93. The van der Waals surface area contributed by atoms with Crippen LogP contribution in [0.15, 0.2) is 24.3 Å². The van der Waals surface area contributed by atoms with Crippen LogP contribution in [0.4, 0.5) is 0 Å². The molecule has 1 saturated carbocycles. The molecule has 0 radical (unpaired) electrons. The molecule has 0 amide bonds. The maximum Gasteiger partial charge on any atom is 0 e. The van der Waals surface area contributed by atoms with Crippen molar-refractivity contribution in [1.82, 2.24) is 0 Å². The Morgan fingerprint density at radius 2 is 1.53 bits per heavy atom. The third-order valence-electron chi connectivity index (χ3n) is 3.56. The molecule has 1 aromatic rings. The third-order valence-corrected chi connectivity index (χ3v) is 3.56. The predicted octanol–water partition coefficient (Wildman–Crippen LogP) is 5.17. The molecule has 0 bridgehead atoms. The van der Waals surface area contributed by atoms with Gasteiger partial charge in [0.2, 0.25) is 0 Å². The number of hydrogen-bond donors (Lipinski definition) is 0. The summed E-state index contributed by atoms with van der Waals surface area (Å²) in [6.45, 7) is 4.54. The molecule has 1 aromatic carbocycles. The van der Waals surface area contributed by atoms with Crippen LogP contribution in [0, 0.1) is 12.8 Å². The summed E-state index contributed by atoms with van der Waals surface area (Å²) < 4.78 is 0. The van der Waals surface area contributed by atoms with E-state index in [-0.39, 0.29) is 8.85 Å². The molecule has 0 heteroatoms. The highest BCUT2D eigenvalue weighted by Crippen LogP contribution is 2.35. The summed E-state index contributed by atoms with van der Waals surface area (Å²) in [5.74, 6) is 1.79. The minimum absolute atomic E-state index is 0. The van der Waals surface area contributed by atoms with Crippen molar-refractivity contribution in [2.24, 2.45) is 5.92 Å². The first-order valence-electron chi connectivity index (χ1n) is 5.82. The van der Waals surface area contributed by atoms with Gasteiger partial charge in [0, 0.05) is 1.43 Å². The maximum atomic E-state index is 2.38. The van der Waals surface area contributed by atoms with Crippen molar-refractivity contribution >= 4 is 0 Å². The molecule has 0 saturated heterocycles. The smallest absolute Gasteiger partial charge is 0 e. The Hall–Kier alpha value is -0.780. The van der Waals surface area contributed by atoms with Gasteiger partial charge in [0.05, 0.1) is 0 Å². The van der Waals surface area contributed by atoms with E-state index in [4.69, 9.17) is 0 Å². The standard InChI is InChI=1S/C14H20.CH4.H2/c1-11-3-7-13(8-4-11)14-9-5-12(2)6-10-14;;/h3-4,7-8,12,14H,5-6,9-10H2,1-2H3;1H4;1H. The van der Waals surface area contributed by atoms with E-state index in [1.54, 1.807) is 5.56 Å². The van der Waals surface area contributed by atoms with Crippen LogP contribution in [0.5, 0.6) is 0 Å². The lowest BCUT2D eigenvalue weighted by atomic mass is 9.79. The van der Waals surface area contributed by atoms with Crippen LogP contribution in [0.1, 0.15) is 58.5 Å². The van der Waals surface area contributed by atoms with Crippen molar-refractivity contribution in [3.05, 3.63) is 35.4 Å². The predicted molar refractivity (Wildman–Crippen MR) is 70.4 cm³/mol. The fourth-order valence-corrected chi connectivity index (χ4v) is 2.43. The summed E-state index contributed by atoms with van der Waals surface area (Å²) >= 11 is 0. The van der Waals surface area contributed by atoms with E-state index in [9.17, 15) is 0 Å². The van der Waals surface area contributed by atoms with Crippen molar-refractivity contribution in [2.45, 2.75) is 52.9 Å². The molecule has 15 heavy (non-hydrogen) atoms. The average Bonchev–Trinajstić information content (AvgIpc) is 2.21. The topological polar surface area (TPSA) is 0 Å². The van der Waals surface area contributed by atoms with Crippen LogP contribution in [0.25, 0.3) is 0 Å². The second-order valence-electron chi connectivity index (χ2n) is 4.87. The Kier molecular flexibility index (Phi) is 4.38. The van der Waals surface area contributed by atoms with Gasteiger partial charge in [-0.25, -0.2) is 0 Å². The molecule has 0 aliphatic heterocycles. The van der Waals surface area contributed by atoms with Crippen molar-refractivity contribution < 1.29 is 1.43 Å². The van der Waals surface area contributed by atoms with Crippen LogP contribution in [-0.4, -0.2) is 0 Å². The summed E-state index contributed by atoms with van der Waals surface area (Å²) in [4.78, 5) is 0. The number of benzene rings is 1. The first kappa shape index (κ1) is 12.3. The van der Waals surface area contributed by atoms with Gasteiger partial charge in [-0.15, -0.1) is 0 Å². The molecule has 0 spiro atoms. The van der Waals surface area contributed by atoms with Gasteiger partial charge in [0.25, 0.3) is 0 Å². The van der Waals surface area contributed by atoms with Crippen LogP contribution < -0.4 is 0 Å². The molecule has 86 valence electrons. The minimum Gasteiger partial charge on any atom is -0.0776 e. The Morgan fingerprint density at radius 1 is 1.00 bits per heavy atom. The molecule has 1 aliphatic rings. The summed E-state index contributed by atoms with van der Waals surface area (Å²) in [6, 6.07) is 9.12. The summed E-state index contributed by atoms with van der Waals surface area (Å²) in [6.07, 6.45) is 5.62. The molecule has 0 nitrogen and oxygen atoms in total. The molecule has 1 aliphatic carbocycles. The van der Waals surface area contributed by atoms with E-state index in [2.05, 4.69) is 38.1 Å². The van der Waals surface area contributed by atoms with Gasteiger partial charge in [-0.1, -0.05) is 57.0 Å². The highest BCUT2D eigenvalue weighted by molar-refractivity contribution is 5.24. The molecule has 2 rings (SSSR count). The van der Waals surface area contributed by atoms with Crippen molar-refractivity contribution in [1.29, 1.82) is 0 Å². The Labute approximate surface area is 96.2 Å². The molecular formula is C15H26. The molecule has 0 heterocycles. The van der Waals surface area contributed by atoms with Crippen molar-refractivity contribution in [2.75, 3.05) is 0 Å². The molecule has 0 aromatic heterocycles. The summed E-state index contributed by atoms with van der Waals surface area (Å²) in [5, 5.41) is 0. The van der Waals surface area contributed by atoms with Crippen LogP contribution in [-0.2, 0) is 0 Å². The minimum atomic E-state index is 0. The van der Waals surface area contributed by atoms with Gasteiger partial charge < -0.3 is 0 Å². The fraction of sp³-hybridized carbons (Fsp3) is 0.600. The number of rotatable bonds is 1. The quantitative estimate of drug-likeness (QED) is 0.594. The van der Waals surface area contributed by atoms with Gasteiger partial charge in [0.15, 0.2) is 0 Å². The van der Waals surface area contributed by atoms with E-state index in [0.717, 1.165) is 11.8 Å². The van der Waals surface area contributed by atoms with E-state index in [1.165, 1.54) is 31.2 Å². The lowest BCUT2D eigenvalue weighted by Gasteiger charge is -2.26. The highest BCUT2D eigenvalue weighted by Gasteiger charge is 2.19. The van der Waals surface area contributed by atoms with Gasteiger partial charge in [-0.3, -0.25) is 0 Å². The lowest BCUT2D eigenvalue weighted by Crippen LogP contribution is -2.10. The van der Waals surface area contributed by atoms with Crippen LogP contribution in [0.3, 0.4) is 0 Å². The zero-order chi connectivity index (χ0) is 9.97. The van der Waals surface area contributed by atoms with E-state index < -0.39 is 0 Å². The Bertz CT molecular complexity index is 281. The Balaban J connectivity index is 0.00000112. The zero-order valence-electron chi connectivity index (χ0n) is 9.29. The summed E-state index contributed by atoms with van der Waals surface area (Å²) in [7, 11) is 0. The van der Waals surface area contributed by atoms with Gasteiger partial charge >= 0.3 is 0 Å². The lowest BCUT2D eigenvalue weighted by molar-refractivity contribution is 0.348. The number of aryl methyl sites for hydroxylation is 1. The molecule has 0 unspecified atom stereocenters. The molecule has 0 N–H and O–H groups in total. The fourth-order valence-electron chi connectivity index (χ4n) is 2.43. The Morgan fingerprint density at radius 3 is 2.07 bits per heavy atom. The monoisotopic (exact) mass is 206 g/mol. The van der Waals surface area contributed by atoms with Gasteiger partial charge in [-0.05, 0) is 37.2 Å². The van der Waals surface area contributed by atoms with Gasteiger partial charge in [-0.2, -0.15) is 0 Å². The SMILES string of the molecule is C.Cc1ccc(C2CCC(C)CC2)cc1.[HH]. The van der Waals surface area contributed by atoms with Crippen molar-refractivity contribution in [3.8, 4) is 0 Å². The van der Waals surface area contributed by atoms with E-state index in [1.807, 2.05) is 0 Å². The van der Waals surface area contributed by atoms with Crippen LogP contribution in [0.2, 0.25) is 0 Å². The molecule has 1 fully saturated rings. The zero-order valence-corrected chi connectivity index (χ0v) is 9.29. The second-order valence-corrected chi connectivity index (χ2v) is 4.87. The van der Waals surface area contributed by atoms with Gasteiger partial charge in [0.1, 0.15) is 0 Å². The number of hydrogen-bond acceptors (Lipinski definition) is 0. The van der Waals surface area contributed by atoms with E-state index >= 15 is 0 Å². The molecule has 0 atom stereocenters. The average molecular weight is 206 g/mol. The van der Waals surface area contributed by atoms with Crippen molar-refractivity contribution in [3.63, 3.8) is 0 Å². The normalized spacial score (nSPS) is 25.7. The molecular weight excluding hydrogens is 180 g/mol. The highest BCUT2D eigenvalue weighted by atomic mass is 14.2. The maximum absolute atomic E-state index is 2.38. The first-order chi connectivity index (χ1) is 6.75. The third kappa shape index (κ3) is 3.09. The first-order valence-corrected chi connectivity index (χ1v) is 5.82. The van der Waals surface area contributed by atoms with E-state index in [0.29, 0.717) is 0 Å². The largest absolute Gasteiger partial charge is 0.0776 e.